The highest BCUT2D eigenvalue weighted by Crippen LogP contribution is 2.41. The number of thiophene rings is 1. The number of hydrogen-bond acceptors (Lipinski definition) is 3. The van der Waals surface area contributed by atoms with Gasteiger partial charge in [-0.25, -0.2) is 4.39 Å². The van der Waals surface area contributed by atoms with Gasteiger partial charge in [-0.15, -0.1) is 11.3 Å². The second kappa shape index (κ2) is 4.94. The first-order valence-corrected chi connectivity index (χ1v) is 7.32. The van der Waals surface area contributed by atoms with E-state index in [0.29, 0.717) is 10.6 Å². The maximum atomic E-state index is 13.3. The molecule has 2 aromatic rings. The number of aliphatic hydroxyl groups is 1. The smallest absolute Gasteiger partial charge is 0.123 e. The summed E-state index contributed by atoms with van der Waals surface area (Å²) in [4.78, 5) is 1.29. The van der Waals surface area contributed by atoms with E-state index in [-0.39, 0.29) is 5.82 Å². The number of halogens is 1. The minimum atomic E-state index is -0.825. The fraction of sp³-hybridized carbons (Fsp3) is 0.333. The Morgan fingerprint density at radius 2 is 2.05 bits per heavy atom. The lowest BCUT2D eigenvalue weighted by Gasteiger charge is -2.17. The Bertz CT molecular complexity index is 608. The lowest BCUT2D eigenvalue weighted by molar-refractivity contribution is 0.219. The molecule has 1 aliphatic carbocycles. The largest absolute Gasteiger partial charge is 0.390 e. The third-order valence-electron chi connectivity index (χ3n) is 3.68. The molecule has 0 aliphatic heterocycles. The molecule has 1 heterocycles. The van der Waals surface area contributed by atoms with Crippen molar-refractivity contribution in [2.75, 3.05) is 5.73 Å². The lowest BCUT2D eigenvalue weighted by atomic mass is 9.91. The molecule has 19 heavy (non-hydrogen) atoms. The van der Waals surface area contributed by atoms with E-state index in [2.05, 4.69) is 0 Å². The average Bonchev–Trinajstić information content (AvgIpc) is 2.74. The first kappa shape index (κ1) is 12.6. The third-order valence-corrected chi connectivity index (χ3v) is 4.82. The molecular weight excluding hydrogens is 261 g/mol. The molecule has 0 saturated heterocycles. The van der Waals surface area contributed by atoms with Crippen LogP contribution in [0.2, 0.25) is 0 Å². The fourth-order valence-electron chi connectivity index (χ4n) is 2.75. The van der Waals surface area contributed by atoms with Crippen LogP contribution < -0.4 is 5.73 Å². The van der Waals surface area contributed by atoms with Crippen LogP contribution in [0.3, 0.4) is 0 Å². The minimum absolute atomic E-state index is 0.334. The number of hydrogen-bond donors (Lipinski definition) is 2. The van der Waals surface area contributed by atoms with Crippen LogP contribution in [0.15, 0.2) is 24.3 Å². The molecule has 1 unspecified atom stereocenters. The van der Waals surface area contributed by atoms with E-state index >= 15 is 0 Å². The Labute approximate surface area is 115 Å². The van der Waals surface area contributed by atoms with Crippen LogP contribution in [0.4, 0.5) is 9.39 Å². The number of benzene rings is 1. The van der Waals surface area contributed by atoms with Gasteiger partial charge in [0.1, 0.15) is 11.9 Å². The fourth-order valence-corrected chi connectivity index (χ4v) is 3.95. The van der Waals surface area contributed by atoms with Gasteiger partial charge >= 0.3 is 0 Å². The first-order valence-electron chi connectivity index (χ1n) is 6.50. The summed E-state index contributed by atoms with van der Waals surface area (Å²) in [6, 6.07) is 6.10. The number of aryl methyl sites for hydroxylation is 1. The zero-order chi connectivity index (χ0) is 13.4. The van der Waals surface area contributed by atoms with Gasteiger partial charge in [0.15, 0.2) is 0 Å². The number of nitrogen functional groups attached to an aromatic ring is 1. The number of aliphatic hydroxyl groups excluding tert-OH is 1. The van der Waals surface area contributed by atoms with Gasteiger partial charge < -0.3 is 10.8 Å². The highest BCUT2D eigenvalue weighted by atomic mass is 32.1. The van der Waals surface area contributed by atoms with Crippen LogP contribution in [0.1, 0.15) is 40.5 Å². The summed E-state index contributed by atoms with van der Waals surface area (Å²) >= 11 is 1.57. The quantitative estimate of drug-likeness (QED) is 0.883. The van der Waals surface area contributed by atoms with E-state index in [1.807, 2.05) is 0 Å². The normalized spacial score (nSPS) is 16.1. The van der Waals surface area contributed by atoms with Gasteiger partial charge in [-0.05, 0) is 48.9 Å². The van der Waals surface area contributed by atoms with Crippen LogP contribution in [-0.2, 0) is 12.8 Å². The predicted molar refractivity (Wildman–Crippen MR) is 75.8 cm³/mol. The highest BCUT2D eigenvalue weighted by Gasteiger charge is 2.25. The highest BCUT2D eigenvalue weighted by molar-refractivity contribution is 7.16. The topological polar surface area (TPSA) is 46.2 Å². The molecule has 1 atom stereocenters. The van der Waals surface area contributed by atoms with Crippen LogP contribution >= 0.6 is 11.3 Å². The zero-order valence-corrected chi connectivity index (χ0v) is 11.3. The molecule has 0 saturated carbocycles. The molecule has 3 rings (SSSR count). The van der Waals surface area contributed by atoms with E-state index in [9.17, 15) is 9.50 Å². The van der Waals surface area contributed by atoms with Crippen molar-refractivity contribution >= 4 is 16.3 Å². The van der Waals surface area contributed by atoms with Gasteiger partial charge in [-0.2, -0.15) is 0 Å². The van der Waals surface area contributed by atoms with Gasteiger partial charge in [-0.1, -0.05) is 12.1 Å². The number of fused-ring (bicyclic) bond motifs is 1. The van der Waals surface area contributed by atoms with Crippen LogP contribution in [0.5, 0.6) is 0 Å². The molecule has 1 aromatic heterocycles. The standard InChI is InChI=1S/C15H16FNOS/c16-10-5-3-4-9(8-10)14(18)13-11-6-1-2-7-12(11)19-15(13)17/h3-5,8,14,18H,1-2,6-7,17H2. The molecule has 4 heteroatoms. The molecule has 0 spiro atoms. The summed E-state index contributed by atoms with van der Waals surface area (Å²) in [6.45, 7) is 0. The van der Waals surface area contributed by atoms with Crippen molar-refractivity contribution in [3.05, 3.63) is 51.7 Å². The molecule has 1 aromatic carbocycles. The average molecular weight is 277 g/mol. The lowest BCUT2D eigenvalue weighted by Crippen LogP contribution is -2.07. The van der Waals surface area contributed by atoms with E-state index < -0.39 is 6.10 Å². The number of rotatable bonds is 2. The SMILES string of the molecule is Nc1sc2c(c1C(O)c1cccc(F)c1)CCCC2. The Balaban J connectivity index is 2.04. The maximum Gasteiger partial charge on any atom is 0.123 e. The summed E-state index contributed by atoms with van der Waals surface area (Å²) in [5.74, 6) is -0.334. The van der Waals surface area contributed by atoms with Crippen LogP contribution in [0, 0.1) is 5.82 Å². The summed E-state index contributed by atoms with van der Waals surface area (Å²) < 4.78 is 13.3. The summed E-state index contributed by atoms with van der Waals surface area (Å²) in [5, 5.41) is 11.2. The molecule has 2 nitrogen and oxygen atoms in total. The van der Waals surface area contributed by atoms with Crippen molar-refractivity contribution in [3.8, 4) is 0 Å². The molecule has 0 amide bonds. The third kappa shape index (κ3) is 2.26. The van der Waals surface area contributed by atoms with Crippen molar-refractivity contribution in [1.82, 2.24) is 0 Å². The van der Waals surface area contributed by atoms with E-state index in [1.54, 1.807) is 23.5 Å². The first-order chi connectivity index (χ1) is 9.16. The Hall–Kier alpha value is -1.39. The number of nitrogens with two attached hydrogens (primary N) is 1. The van der Waals surface area contributed by atoms with Crippen molar-refractivity contribution in [1.29, 1.82) is 0 Å². The van der Waals surface area contributed by atoms with E-state index in [1.165, 1.54) is 29.0 Å². The Morgan fingerprint density at radius 3 is 2.84 bits per heavy atom. The molecule has 1 aliphatic rings. The second-order valence-corrected chi connectivity index (χ2v) is 6.08. The molecule has 3 N–H and O–H groups in total. The van der Waals surface area contributed by atoms with Crippen LogP contribution in [0.25, 0.3) is 0 Å². The van der Waals surface area contributed by atoms with Crippen LogP contribution in [-0.4, -0.2) is 5.11 Å². The molecule has 0 bridgehead atoms. The summed E-state index contributed by atoms with van der Waals surface area (Å²) in [6.07, 6.45) is 3.49. The number of anilines is 1. The van der Waals surface area contributed by atoms with Crippen molar-refractivity contribution in [2.45, 2.75) is 31.8 Å². The van der Waals surface area contributed by atoms with Gasteiger partial charge in [0.2, 0.25) is 0 Å². The van der Waals surface area contributed by atoms with Crippen molar-refractivity contribution in [3.63, 3.8) is 0 Å². The van der Waals surface area contributed by atoms with Crippen molar-refractivity contribution < 1.29 is 9.50 Å². The van der Waals surface area contributed by atoms with Gasteiger partial charge in [0, 0.05) is 10.4 Å². The zero-order valence-electron chi connectivity index (χ0n) is 10.5. The Kier molecular flexibility index (Phi) is 3.29. The van der Waals surface area contributed by atoms with Gasteiger partial charge in [-0.3, -0.25) is 0 Å². The predicted octanol–water partition coefficient (Wildman–Crippen LogP) is 3.43. The maximum absolute atomic E-state index is 13.3. The van der Waals surface area contributed by atoms with Gasteiger partial charge in [0.25, 0.3) is 0 Å². The minimum Gasteiger partial charge on any atom is -0.390 e. The summed E-state index contributed by atoms with van der Waals surface area (Å²) in [7, 11) is 0. The van der Waals surface area contributed by atoms with E-state index in [0.717, 1.165) is 24.8 Å². The van der Waals surface area contributed by atoms with Gasteiger partial charge in [0.05, 0.1) is 5.00 Å². The molecule has 100 valence electrons. The molecular formula is C15H16FNOS. The van der Waals surface area contributed by atoms with Crippen molar-refractivity contribution in [2.24, 2.45) is 0 Å². The monoisotopic (exact) mass is 277 g/mol. The Morgan fingerprint density at radius 1 is 1.26 bits per heavy atom. The van der Waals surface area contributed by atoms with E-state index in [4.69, 9.17) is 5.73 Å². The molecule has 0 fully saturated rings. The summed E-state index contributed by atoms with van der Waals surface area (Å²) in [5.41, 5.74) is 8.61. The second-order valence-electron chi connectivity index (χ2n) is 4.95. The molecule has 0 radical (unpaired) electrons.